The highest BCUT2D eigenvalue weighted by Gasteiger charge is 2.62. The minimum Gasteiger partial charge on any atom is -0.481 e. The van der Waals surface area contributed by atoms with Crippen LogP contribution in [0.3, 0.4) is 0 Å². The van der Waals surface area contributed by atoms with E-state index in [-0.39, 0.29) is 40.4 Å². The number of allylic oxidation sites excluding steroid dienone is 6. The summed E-state index contributed by atoms with van der Waals surface area (Å²) in [7, 11) is 0. The van der Waals surface area contributed by atoms with E-state index in [1.807, 2.05) is 0 Å². The highest BCUT2D eigenvalue weighted by atomic mass is 16.4. The lowest BCUT2D eigenvalue weighted by atomic mass is 9.48. The summed E-state index contributed by atoms with van der Waals surface area (Å²) < 4.78 is 0. The Balaban J connectivity index is 2.00. The number of fused-ring (bicyclic) bond motifs is 3. The number of carbonyl (C=O) groups is 2. The first-order valence-corrected chi connectivity index (χ1v) is 13.4. The number of hydrogen-bond acceptors (Lipinski definition) is 2. The molecule has 0 heterocycles. The van der Waals surface area contributed by atoms with Crippen molar-refractivity contribution in [3.8, 4) is 0 Å². The maximum Gasteiger partial charge on any atom is 0.306 e. The van der Waals surface area contributed by atoms with Crippen LogP contribution in [0.1, 0.15) is 92.9 Å². The maximum atomic E-state index is 12.5. The van der Waals surface area contributed by atoms with E-state index < -0.39 is 11.9 Å². The molecular weight excluding hydrogens is 436 g/mol. The first-order valence-electron chi connectivity index (χ1n) is 13.4. The van der Waals surface area contributed by atoms with Crippen molar-refractivity contribution in [2.24, 2.45) is 39.9 Å². The first-order chi connectivity index (χ1) is 16.2. The van der Waals surface area contributed by atoms with Gasteiger partial charge in [-0.3, -0.25) is 9.59 Å². The third-order valence-corrected chi connectivity index (χ3v) is 10.4. The Kier molecular flexibility index (Phi) is 7.65. The maximum absolute atomic E-state index is 12.5. The van der Waals surface area contributed by atoms with E-state index in [4.69, 9.17) is 0 Å². The molecule has 0 bridgehead atoms. The Hall–Kier alpha value is -2.10. The fraction of sp³-hybridized carbons (Fsp3) is 0.677. The van der Waals surface area contributed by atoms with Crippen LogP contribution in [-0.2, 0) is 9.59 Å². The number of hydrogen-bond donors (Lipinski definition) is 2. The van der Waals surface area contributed by atoms with E-state index in [2.05, 4.69) is 66.9 Å². The zero-order valence-corrected chi connectivity index (χ0v) is 22.7. The van der Waals surface area contributed by atoms with E-state index in [1.54, 1.807) is 0 Å². The second-order valence-electron chi connectivity index (χ2n) is 12.6. The predicted octanol–water partition coefficient (Wildman–Crippen LogP) is 7.83. The topological polar surface area (TPSA) is 74.6 Å². The summed E-state index contributed by atoms with van der Waals surface area (Å²) >= 11 is 0. The largest absolute Gasteiger partial charge is 0.481 e. The summed E-state index contributed by atoms with van der Waals surface area (Å²) in [5.41, 5.74) is 4.34. The van der Waals surface area contributed by atoms with Crippen LogP contribution in [-0.4, -0.2) is 22.2 Å². The van der Waals surface area contributed by atoms with Gasteiger partial charge in [-0.1, -0.05) is 71.1 Å². The molecule has 3 aliphatic rings. The van der Waals surface area contributed by atoms with E-state index in [1.165, 1.54) is 11.1 Å². The molecule has 1 fully saturated rings. The molecule has 4 heteroatoms. The van der Waals surface area contributed by atoms with Gasteiger partial charge in [0, 0.05) is 6.42 Å². The molecule has 6 atom stereocenters. The smallest absolute Gasteiger partial charge is 0.306 e. The van der Waals surface area contributed by atoms with Crippen LogP contribution in [0.4, 0.5) is 0 Å². The van der Waals surface area contributed by atoms with Crippen LogP contribution < -0.4 is 0 Å². The average molecular weight is 483 g/mol. The second-order valence-corrected chi connectivity index (χ2v) is 12.6. The van der Waals surface area contributed by atoms with Gasteiger partial charge in [0.2, 0.25) is 0 Å². The van der Waals surface area contributed by atoms with E-state index in [0.29, 0.717) is 18.8 Å². The fourth-order valence-corrected chi connectivity index (χ4v) is 7.75. The van der Waals surface area contributed by atoms with Gasteiger partial charge >= 0.3 is 11.9 Å². The van der Waals surface area contributed by atoms with Crippen LogP contribution >= 0.6 is 0 Å². The van der Waals surface area contributed by atoms with Crippen molar-refractivity contribution in [3.05, 3.63) is 47.6 Å². The van der Waals surface area contributed by atoms with E-state index in [0.717, 1.165) is 43.3 Å². The molecule has 3 aliphatic carbocycles. The predicted molar refractivity (Wildman–Crippen MR) is 142 cm³/mol. The van der Waals surface area contributed by atoms with E-state index in [9.17, 15) is 19.8 Å². The highest BCUT2D eigenvalue weighted by Crippen LogP contribution is 2.70. The van der Waals surface area contributed by atoms with Crippen LogP contribution in [0, 0.1) is 39.9 Å². The van der Waals surface area contributed by atoms with Gasteiger partial charge in [0.15, 0.2) is 0 Å². The molecule has 194 valence electrons. The van der Waals surface area contributed by atoms with Crippen LogP contribution in [0.5, 0.6) is 0 Å². The van der Waals surface area contributed by atoms with Gasteiger partial charge in [0.1, 0.15) is 0 Å². The average Bonchev–Trinajstić information content (AvgIpc) is 3.03. The summed E-state index contributed by atoms with van der Waals surface area (Å²) in [6.07, 6.45) is 10.4. The van der Waals surface area contributed by atoms with Gasteiger partial charge in [-0.25, -0.2) is 0 Å². The van der Waals surface area contributed by atoms with Gasteiger partial charge in [0.25, 0.3) is 0 Å². The van der Waals surface area contributed by atoms with Crippen molar-refractivity contribution in [2.45, 2.75) is 92.9 Å². The zero-order chi connectivity index (χ0) is 26.3. The monoisotopic (exact) mass is 482 g/mol. The van der Waals surface area contributed by atoms with Crippen molar-refractivity contribution < 1.29 is 19.8 Å². The molecule has 0 aromatic heterocycles. The third-order valence-electron chi connectivity index (χ3n) is 10.4. The molecule has 0 aliphatic heterocycles. The Morgan fingerprint density at radius 1 is 1.09 bits per heavy atom. The van der Waals surface area contributed by atoms with Gasteiger partial charge in [0.05, 0.1) is 5.92 Å². The second kappa shape index (κ2) is 9.75. The van der Waals surface area contributed by atoms with Crippen LogP contribution in [0.2, 0.25) is 0 Å². The Morgan fingerprint density at radius 3 is 2.29 bits per heavy atom. The Labute approximate surface area is 212 Å². The molecule has 35 heavy (non-hydrogen) atoms. The van der Waals surface area contributed by atoms with Crippen LogP contribution in [0.15, 0.2) is 47.6 Å². The van der Waals surface area contributed by atoms with Gasteiger partial charge in [-0.2, -0.15) is 0 Å². The summed E-state index contributed by atoms with van der Waals surface area (Å²) in [6, 6.07) is 0. The summed E-state index contributed by atoms with van der Waals surface area (Å²) in [5.74, 6) is -1.13. The molecule has 0 unspecified atom stereocenters. The fourth-order valence-electron chi connectivity index (χ4n) is 7.75. The molecule has 1 saturated carbocycles. The quantitative estimate of drug-likeness (QED) is 0.311. The van der Waals surface area contributed by atoms with Crippen molar-refractivity contribution >= 4 is 11.9 Å². The third kappa shape index (κ3) is 4.58. The molecule has 0 aromatic carbocycles. The lowest BCUT2D eigenvalue weighted by Crippen LogP contribution is -2.48. The van der Waals surface area contributed by atoms with Crippen molar-refractivity contribution in [1.29, 1.82) is 0 Å². The van der Waals surface area contributed by atoms with Crippen molar-refractivity contribution in [3.63, 3.8) is 0 Å². The minimum absolute atomic E-state index is 0.104. The number of rotatable bonds is 10. The molecule has 0 amide bonds. The molecule has 0 aromatic rings. The first kappa shape index (κ1) is 27.5. The lowest BCUT2D eigenvalue weighted by molar-refractivity contribution is -0.146. The SMILES string of the molecule is C=C(CC[C@@H](C(=O)O)[C@H]1CC[C@@]2(C)C3=CC[C@@H](C(=C)C)[C@](C)(CCC(=O)O)C3=CC[C@]12C)C(C)C. The Morgan fingerprint density at radius 2 is 1.74 bits per heavy atom. The van der Waals surface area contributed by atoms with Crippen molar-refractivity contribution in [1.82, 2.24) is 0 Å². The van der Waals surface area contributed by atoms with Gasteiger partial charge in [-0.15, -0.1) is 0 Å². The molecule has 0 radical (unpaired) electrons. The molecule has 3 rings (SSSR count). The highest BCUT2D eigenvalue weighted by molar-refractivity contribution is 5.71. The van der Waals surface area contributed by atoms with Gasteiger partial charge in [-0.05, 0) is 97.0 Å². The number of aliphatic carboxylic acids is 2. The lowest BCUT2D eigenvalue weighted by Gasteiger charge is -2.56. The number of carboxylic acids is 2. The molecule has 2 N–H and O–H groups in total. The normalized spacial score (nSPS) is 34.9. The van der Waals surface area contributed by atoms with E-state index >= 15 is 0 Å². The molecule has 4 nitrogen and oxygen atoms in total. The molecule has 0 spiro atoms. The minimum atomic E-state index is -0.761. The molecular formula is C31H46O4. The van der Waals surface area contributed by atoms with Crippen LogP contribution in [0.25, 0.3) is 0 Å². The molecule has 0 saturated heterocycles. The zero-order valence-electron chi connectivity index (χ0n) is 22.7. The summed E-state index contributed by atoms with van der Waals surface area (Å²) in [6.45, 7) is 21.6. The van der Waals surface area contributed by atoms with Gasteiger partial charge < -0.3 is 10.2 Å². The Bertz CT molecular complexity index is 968. The summed E-state index contributed by atoms with van der Waals surface area (Å²) in [4.78, 5) is 24.1. The number of carboxylic acid groups (broad SMARTS) is 2. The standard InChI is InChI=1S/C31H46O4/c1-19(2)21(5)9-10-22(28(34)35)24-13-17-31(8)26-12-11-23(20(3)4)29(6,16-15-27(32)33)25(26)14-18-30(24,31)7/h12,14,19,22-24H,3,5,9-11,13,15-18H2,1-2,4,6-8H3,(H,32,33)(H,34,35)/t22-,23+,24-,29+,30-,31+/m1/s1. The van der Waals surface area contributed by atoms with Crippen molar-refractivity contribution in [2.75, 3.05) is 0 Å². The summed E-state index contributed by atoms with van der Waals surface area (Å²) in [5, 5.41) is 19.8.